The molecule has 2 atom stereocenters. The van der Waals surface area contributed by atoms with Gasteiger partial charge in [0.1, 0.15) is 12.0 Å². The molecular weight excluding hydrogens is 244 g/mol. The number of nitrogens with zero attached hydrogens (tertiary/aromatic N) is 3. The number of pyridine rings is 1. The molecule has 102 valence electrons. The highest BCUT2D eigenvalue weighted by atomic mass is 16.6. The van der Waals surface area contributed by atoms with E-state index in [-0.39, 0.29) is 10.6 Å². The fourth-order valence-corrected chi connectivity index (χ4v) is 3.14. The molecule has 0 aliphatic carbocycles. The number of nitrogens with one attached hydrogen (secondary N) is 1. The molecule has 0 amide bonds. The van der Waals surface area contributed by atoms with E-state index in [1.807, 2.05) is 6.07 Å². The molecule has 2 unspecified atom stereocenters. The van der Waals surface area contributed by atoms with Gasteiger partial charge in [0.2, 0.25) is 0 Å². The molecule has 1 aromatic heterocycles. The van der Waals surface area contributed by atoms with Gasteiger partial charge in [-0.25, -0.2) is 4.98 Å². The molecule has 3 rings (SSSR count). The Morgan fingerprint density at radius 3 is 3.00 bits per heavy atom. The number of aromatic nitrogens is 1. The van der Waals surface area contributed by atoms with Gasteiger partial charge in [0.15, 0.2) is 0 Å². The fourth-order valence-electron chi connectivity index (χ4n) is 3.14. The summed E-state index contributed by atoms with van der Waals surface area (Å²) in [5, 5.41) is 14.2. The van der Waals surface area contributed by atoms with Crippen LogP contribution in [0.5, 0.6) is 0 Å². The van der Waals surface area contributed by atoms with Gasteiger partial charge in [0, 0.05) is 18.7 Å². The largest absolute Gasteiger partial charge is 0.356 e. The van der Waals surface area contributed by atoms with Crippen LogP contribution in [0.25, 0.3) is 0 Å². The summed E-state index contributed by atoms with van der Waals surface area (Å²) in [7, 11) is 0. The predicted molar refractivity (Wildman–Crippen MR) is 72.3 cm³/mol. The van der Waals surface area contributed by atoms with Crippen molar-refractivity contribution in [2.75, 3.05) is 31.1 Å². The van der Waals surface area contributed by atoms with Gasteiger partial charge in [-0.2, -0.15) is 0 Å². The average molecular weight is 262 g/mol. The molecule has 0 saturated carbocycles. The zero-order valence-electron chi connectivity index (χ0n) is 11.0. The zero-order chi connectivity index (χ0) is 13.4. The van der Waals surface area contributed by atoms with Gasteiger partial charge in [-0.3, -0.25) is 10.1 Å². The zero-order valence-corrected chi connectivity index (χ0v) is 11.0. The monoisotopic (exact) mass is 262 g/mol. The van der Waals surface area contributed by atoms with Crippen LogP contribution >= 0.6 is 0 Å². The van der Waals surface area contributed by atoms with Gasteiger partial charge in [-0.1, -0.05) is 0 Å². The molecule has 1 aromatic rings. The lowest BCUT2D eigenvalue weighted by Crippen LogP contribution is -2.40. The van der Waals surface area contributed by atoms with Crippen LogP contribution in [-0.2, 0) is 0 Å². The van der Waals surface area contributed by atoms with Crippen LogP contribution in [0, 0.1) is 28.9 Å². The normalized spacial score (nSPS) is 26.3. The first-order valence-corrected chi connectivity index (χ1v) is 6.72. The van der Waals surface area contributed by atoms with E-state index >= 15 is 0 Å². The van der Waals surface area contributed by atoms with Gasteiger partial charge >= 0.3 is 0 Å². The minimum Gasteiger partial charge on any atom is -0.356 e. The first-order chi connectivity index (χ1) is 9.15. The molecule has 0 bridgehead atoms. The average Bonchev–Trinajstić information content (AvgIpc) is 2.85. The molecule has 2 fully saturated rings. The van der Waals surface area contributed by atoms with Crippen LogP contribution in [0.2, 0.25) is 0 Å². The predicted octanol–water partition coefficient (Wildman–Crippen LogP) is 1.34. The minimum absolute atomic E-state index is 0.0983. The molecule has 2 aliphatic heterocycles. The summed E-state index contributed by atoms with van der Waals surface area (Å²) < 4.78 is 0. The molecule has 2 saturated heterocycles. The van der Waals surface area contributed by atoms with Crippen LogP contribution in [0.4, 0.5) is 11.5 Å². The Labute approximate surface area is 112 Å². The SMILES string of the molecule is Cc1cc(N2CCC3CNCC3C2)ncc1[N+](=O)[O-]. The summed E-state index contributed by atoms with van der Waals surface area (Å²) in [6.45, 7) is 5.97. The maximum atomic E-state index is 10.8. The van der Waals surface area contributed by atoms with Crippen LogP contribution in [0.15, 0.2) is 12.3 Å². The molecule has 19 heavy (non-hydrogen) atoms. The lowest BCUT2D eigenvalue weighted by Gasteiger charge is -2.35. The van der Waals surface area contributed by atoms with E-state index in [2.05, 4.69) is 15.2 Å². The Hall–Kier alpha value is -1.69. The highest BCUT2D eigenvalue weighted by Crippen LogP contribution is 2.30. The smallest absolute Gasteiger partial charge is 0.290 e. The van der Waals surface area contributed by atoms with Crippen LogP contribution < -0.4 is 10.2 Å². The number of hydrogen-bond acceptors (Lipinski definition) is 5. The van der Waals surface area contributed by atoms with Crippen molar-refractivity contribution in [1.29, 1.82) is 0 Å². The second kappa shape index (κ2) is 4.77. The number of anilines is 1. The van der Waals surface area contributed by atoms with E-state index in [0.717, 1.165) is 37.9 Å². The van der Waals surface area contributed by atoms with Crippen LogP contribution in [0.3, 0.4) is 0 Å². The minimum atomic E-state index is -0.376. The summed E-state index contributed by atoms with van der Waals surface area (Å²) in [6.07, 6.45) is 2.55. The molecule has 1 N–H and O–H groups in total. The Kier molecular flexibility index (Phi) is 3.10. The van der Waals surface area contributed by atoms with Crippen molar-refractivity contribution in [2.45, 2.75) is 13.3 Å². The first-order valence-electron chi connectivity index (χ1n) is 6.72. The van der Waals surface area contributed by atoms with Crippen molar-refractivity contribution in [2.24, 2.45) is 11.8 Å². The van der Waals surface area contributed by atoms with E-state index in [1.54, 1.807) is 6.92 Å². The van der Waals surface area contributed by atoms with Gasteiger partial charge in [0.25, 0.3) is 5.69 Å². The Bertz CT molecular complexity index is 505. The quantitative estimate of drug-likeness (QED) is 0.643. The van der Waals surface area contributed by atoms with E-state index < -0.39 is 0 Å². The summed E-state index contributed by atoms with van der Waals surface area (Å²) in [5.41, 5.74) is 0.780. The molecule has 2 aliphatic rings. The number of fused-ring (bicyclic) bond motifs is 1. The highest BCUT2D eigenvalue weighted by molar-refractivity contribution is 5.49. The lowest BCUT2D eigenvalue weighted by atomic mass is 9.89. The van der Waals surface area contributed by atoms with Gasteiger partial charge < -0.3 is 10.2 Å². The summed E-state index contributed by atoms with van der Waals surface area (Å²) >= 11 is 0. The Balaban J connectivity index is 1.79. The number of hydrogen-bond donors (Lipinski definition) is 1. The topological polar surface area (TPSA) is 71.3 Å². The second-order valence-electron chi connectivity index (χ2n) is 5.50. The van der Waals surface area contributed by atoms with Gasteiger partial charge in [-0.15, -0.1) is 0 Å². The Morgan fingerprint density at radius 1 is 1.47 bits per heavy atom. The number of rotatable bonds is 2. The molecular formula is C13H18N4O2. The summed E-state index contributed by atoms with van der Waals surface area (Å²) in [4.78, 5) is 16.9. The third-order valence-electron chi connectivity index (χ3n) is 4.29. The molecule has 0 spiro atoms. The fraction of sp³-hybridized carbons (Fsp3) is 0.615. The molecule has 6 nitrogen and oxygen atoms in total. The molecule has 6 heteroatoms. The maximum absolute atomic E-state index is 10.8. The van der Waals surface area contributed by atoms with Crippen LogP contribution in [0.1, 0.15) is 12.0 Å². The van der Waals surface area contributed by atoms with Crippen molar-refractivity contribution in [3.63, 3.8) is 0 Å². The molecule has 3 heterocycles. The summed E-state index contributed by atoms with van der Waals surface area (Å²) in [6, 6.07) is 1.83. The van der Waals surface area contributed by atoms with Gasteiger partial charge in [0.05, 0.1) is 4.92 Å². The third kappa shape index (κ3) is 2.28. The van der Waals surface area contributed by atoms with Crippen molar-refractivity contribution in [3.8, 4) is 0 Å². The standard InChI is InChI=1S/C13H18N4O2/c1-9-4-13(15-7-12(9)17(18)19)16-3-2-10-5-14-6-11(10)8-16/h4,7,10-11,14H,2-3,5-6,8H2,1H3. The molecule has 0 aromatic carbocycles. The lowest BCUT2D eigenvalue weighted by molar-refractivity contribution is -0.385. The van der Waals surface area contributed by atoms with E-state index in [1.165, 1.54) is 12.6 Å². The number of piperidine rings is 1. The summed E-state index contributed by atoms with van der Waals surface area (Å²) in [5.74, 6) is 2.34. The van der Waals surface area contributed by atoms with Gasteiger partial charge in [-0.05, 0) is 44.3 Å². The second-order valence-corrected chi connectivity index (χ2v) is 5.50. The number of nitro groups is 1. The van der Waals surface area contributed by atoms with Crippen molar-refractivity contribution in [3.05, 3.63) is 27.9 Å². The Morgan fingerprint density at radius 2 is 2.26 bits per heavy atom. The third-order valence-corrected chi connectivity index (χ3v) is 4.29. The van der Waals surface area contributed by atoms with E-state index in [0.29, 0.717) is 11.5 Å². The van der Waals surface area contributed by atoms with E-state index in [4.69, 9.17) is 0 Å². The highest BCUT2D eigenvalue weighted by Gasteiger charge is 2.33. The van der Waals surface area contributed by atoms with Crippen molar-refractivity contribution < 1.29 is 4.92 Å². The maximum Gasteiger partial charge on any atom is 0.290 e. The number of aryl methyl sites for hydroxylation is 1. The van der Waals surface area contributed by atoms with Crippen LogP contribution in [-0.4, -0.2) is 36.1 Å². The van der Waals surface area contributed by atoms with Crippen molar-refractivity contribution >= 4 is 11.5 Å². The van der Waals surface area contributed by atoms with Crippen molar-refractivity contribution in [1.82, 2.24) is 10.3 Å². The van der Waals surface area contributed by atoms with E-state index in [9.17, 15) is 10.1 Å². The molecule has 0 radical (unpaired) electrons. The first kappa shape index (κ1) is 12.3.